The summed E-state index contributed by atoms with van der Waals surface area (Å²) in [5, 5.41) is 2.54. The molecule has 0 N–H and O–H groups in total. The lowest BCUT2D eigenvalue weighted by Gasteiger charge is -2.04. The molecule has 0 atom stereocenters. The quantitative estimate of drug-likeness (QED) is 0.241. The Bertz CT molecular complexity index is 1180. The summed E-state index contributed by atoms with van der Waals surface area (Å²) in [6, 6.07) is 27.8. The van der Waals surface area contributed by atoms with Crippen LogP contribution in [0.15, 0.2) is 84.9 Å². The first-order valence-corrected chi connectivity index (χ1v) is 11.5. The lowest BCUT2D eigenvalue weighted by Crippen LogP contribution is -1.80. The summed E-state index contributed by atoms with van der Waals surface area (Å²) in [6.45, 7) is 0. The maximum atomic E-state index is 6.23. The predicted molar refractivity (Wildman–Crippen MR) is 143 cm³/mol. The molecule has 158 valence electrons. The SMILES string of the molecule is Clc1ccc(/C=C/c2ccc(-c3ccc(/C=C/c4ccc(Cl)cc4Cl)cc3)cc2)c(Cl)c1. The first kappa shape index (κ1) is 22.7. The Morgan fingerprint density at radius 2 is 0.781 bits per heavy atom. The van der Waals surface area contributed by atoms with Crippen molar-refractivity contribution < 1.29 is 0 Å². The van der Waals surface area contributed by atoms with Crippen molar-refractivity contribution in [1.82, 2.24) is 0 Å². The van der Waals surface area contributed by atoms with Crippen molar-refractivity contribution in [1.29, 1.82) is 0 Å². The van der Waals surface area contributed by atoms with Gasteiger partial charge in [0.2, 0.25) is 0 Å². The second-order valence-electron chi connectivity index (χ2n) is 7.24. The Labute approximate surface area is 208 Å². The van der Waals surface area contributed by atoms with Gasteiger partial charge in [0, 0.05) is 20.1 Å². The van der Waals surface area contributed by atoms with Crippen molar-refractivity contribution in [2.75, 3.05) is 0 Å². The predicted octanol–water partition coefficient (Wildman–Crippen LogP) is 10.3. The monoisotopic (exact) mass is 494 g/mol. The zero-order chi connectivity index (χ0) is 22.5. The van der Waals surface area contributed by atoms with E-state index in [0.29, 0.717) is 20.1 Å². The van der Waals surface area contributed by atoms with E-state index in [2.05, 4.69) is 48.5 Å². The molecule has 0 amide bonds. The standard InChI is InChI=1S/C28H18Cl4/c29-25-15-13-23(27(31)17-25)11-5-19-1-7-21(8-2-19)22-9-3-20(4-10-22)6-12-24-14-16-26(30)18-28(24)32/h1-18H/b11-5+,12-6+. The van der Waals surface area contributed by atoms with E-state index >= 15 is 0 Å². The van der Waals surface area contributed by atoms with Crippen LogP contribution in [0.5, 0.6) is 0 Å². The van der Waals surface area contributed by atoms with Crippen LogP contribution >= 0.6 is 46.4 Å². The molecular formula is C28H18Cl4. The van der Waals surface area contributed by atoms with Crippen molar-refractivity contribution in [2.45, 2.75) is 0 Å². The molecule has 0 aromatic heterocycles. The molecule has 0 aliphatic carbocycles. The number of benzene rings is 4. The Morgan fingerprint density at radius 1 is 0.406 bits per heavy atom. The molecule has 0 radical (unpaired) electrons. The Balaban J connectivity index is 1.45. The molecule has 0 fully saturated rings. The van der Waals surface area contributed by atoms with Gasteiger partial charge in [-0.1, -0.05) is 131 Å². The highest BCUT2D eigenvalue weighted by molar-refractivity contribution is 6.36. The second kappa shape index (κ2) is 10.4. The van der Waals surface area contributed by atoms with Gasteiger partial charge in [0.05, 0.1) is 0 Å². The molecule has 0 spiro atoms. The van der Waals surface area contributed by atoms with Crippen LogP contribution < -0.4 is 0 Å². The molecule has 0 bridgehead atoms. The summed E-state index contributed by atoms with van der Waals surface area (Å²) in [7, 11) is 0. The van der Waals surface area contributed by atoms with Gasteiger partial charge >= 0.3 is 0 Å². The normalized spacial score (nSPS) is 11.5. The van der Waals surface area contributed by atoms with E-state index in [1.165, 1.54) is 0 Å². The van der Waals surface area contributed by atoms with Crippen LogP contribution in [0.3, 0.4) is 0 Å². The third-order valence-electron chi connectivity index (χ3n) is 4.99. The summed E-state index contributed by atoms with van der Waals surface area (Å²) >= 11 is 24.4. The molecule has 32 heavy (non-hydrogen) atoms. The minimum absolute atomic E-state index is 0.631. The van der Waals surface area contributed by atoms with Gasteiger partial charge in [0.25, 0.3) is 0 Å². The first-order chi connectivity index (χ1) is 15.5. The molecule has 0 aliphatic heterocycles. The fourth-order valence-corrected chi connectivity index (χ4v) is 4.16. The third-order valence-corrected chi connectivity index (χ3v) is 6.12. The Kier molecular flexibility index (Phi) is 7.40. The number of hydrogen-bond donors (Lipinski definition) is 0. The molecule has 0 nitrogen and oxygen atoms in total. The maximum Gasteiger partial charge on any atom is 0.0493 e. The fraction of sp³-hybridized carbons (Fsp3) is 0. The van der Waals surface area contributed by atoms with Crippen LogP contribution in [0.1, 0.15) is 22.3 Å². The van der Waals surface area contributed by atoms with E-state index in [4.69, 9.17) is 46.4 Å². The molecule has 4 rings (SSSR count). The van der Waals surface area contributed by atoms with Gasteiger partial charge in [0.15, 0.2) is 0 Å². The van der Waals surface area contributed by atoms with E-state index in [1.807, 2.05) is 48.6 Å². The lowest BCUT2D eigenvalue weighted by atomic mass is 10.0. The van der Waals surface area contributed by atoms with E-state index in [9.17, 15) is 0 Å². The van der Waals surface area contributed by atoms with Gasteiger partial charge in [-0.05, 0) is 57.6 Å². The highest BCUT2D eigenvalue weighted by Gasteiger charge is 2.01. The zero-order valence-corrected chi connectivity index (χ0v) is 19.9. The van der Waals surface area contributed by atoms with Crippen LogP contribution in [0.4, 0.5) is 0 Å². The molecule has 4 heteroatoms. The van der Waals surface area contributed by atoms with Crippen LogP contribution in [0, 0.1) is 0 Å². The van der Waals surface area contributed by atoms with Gasteiger partial charge in [-0.3, -0.25) is 0 Å². The highest BCUT2D eigenvalue weighted by Crippen LogP contribution is 2.26. The highest BCUT2D eigenvalue weighted by atomic mass is 35.5. The lowest BCUT2D eigenvalue weighted by molar-refractivity contribution is 1.58. The molecular weight excluding hydrogens is 478 g/mol. The van der Waals surface area contributed by atoms with Crippen LogP contribution in [-0.4, -0.2) is 0 Å². The molecule has 0 saturated carbocycles. The third kappa shape index (κ3) is 5.85. The van der Waals surface area contributed by atoms with Gasteiger partial charge in [0.1, 0.15) is 0 Å². The van der Waals surface area contributed by atoms with E-state index in [1.54, 1.807) is 12.1 Å². The topological polar surface area (TPSA) is 0 Å². The smallest absolute Gasteiger partial charge is 0.0493 e. The van der Waals surface area contributed by atoms with Gasteiger partial charge in [-0.2, -0.15) is 0 Å². The average molecular weight is 496 g/mol. The largest absolute Gasteiger partial charge is 0.0843 e. The fourth-order valence-electron chi connectivity index (χ4n) is 3.22. The van der Waals surface area contributed by atoms with E-state index in [-0.39, 0.29) is 0 Å². The summed E-state index contributed by atoms with van der Waals surface area (Å²) in [6.07, 6.45) is 8.05. The van der Waals surface area contributed by atoms with E-state index in [0.717, 1.165) is 33.4 Å². The van der Waals surface area contributed by atoms with Crippen molar-refractivity contribution in [3.63, 3.8) is 0 Å². The average Bonchev–Trinajstić information content (AvgIpc) is 2.79. The summed E-state index contributed by atoms with van der Waals surface area (Å²) in [5.74, 6) is 0. The number of hydrogen-bond acceptors (Lipinski definition) is 0. The molecule has 0 saturated heterocycles. The van der Waals surface area contributed by atoms with Crippen molar-refractivity contribution in [2.24, 2.45) is 0 Å². The number of halogens is 4. The second-order valence-corrected chi connectivity index (χ2v) is 8.93. The molecule has 0 heterocycles. The Hall–Kier alpha value is -2.48. The maximum absolute atomic E-state index is 6.23. The molecule has 4 aromatic rings. The van der Waals surface area contributed by atoms with Gasteiger partial charge in [-0.25, -0.2) is 0 Å². The summed E-state index contributed by atoms with van der Waals surface area (Å²) in [4.78, 5) is 0. The summed E-state index contributed by atoms with van der Waals surface area (Å²) < 4.78 is 0. The van der Waals surface area contributed by atoms with Crippen molar-refractivity contribution in [3.05, 3.63) is 127 Å². The van der Waals surface area contributed by atoms with Crippen LogP contribution in [-0.2, 0) is 0 Å². The van der Waals surface area contributed by atoms with Gasteiger partial charge < -0.3 is 0 Å². The first-order valence-electron chi connectivity index (χ1n) is 9.95. The van der Waals surface area contributed by atoms with E-state index < -0.39 is 0 Å². The summed E-state index contributed by atoms with van der Waals surface area (Å²) in [5.41, 5.74) is 6.37. The van der Waals surface area contributed by atoms with Crippen molar-refractivity contribution in [3.8, 4) is 11.1 Å². The molecule has 0 unspecified atom stereocenters. The van der Waals surface area contributed by atoms with Gasteiger partial charge in [-0.15, -0.1) is 0 Å². The van der Waals surface area contributed by atoms with Crippen molar-refractivity contribution >= 4 is 70.7 Å². The minimum atomic E-state index is 0.631. The molecule has 4 aromatic carbocycles. The van der Waals surface area contributed by atoms with Crippen LogP contribution in [0.2, 0.25) is 20.1 Å². The number of rotatable bonds is 5. The van der Waals surface area contributed by atoms with Crippen LogP contribution in [0.25, 0.3) is 35.4 Å². The molecule has 0 aliphatic rings. The minimum Gasteiger partial charge on any atom is -0.0843 e. The zero-order valence-electron chi connectivity index (χ0n) is 16.9. The Morgan fingerprint density at radius 3 is 1.12 bits per heavy atom.